The fraction of sp³-hybridized carbons (Fsp3) is 0.167. The van der Waals surface area contributed by atoms with Crippen LogP contribution in [0.2, 0.25) is 0 Å². The molecule has 0 unspecified atom stereocenters. The number of carbonyl (C=O) groups excluding carboxylic acids is 2. The molecule has 0 aromatic heterocycles. The number of ether oxygens (including phenoxy) is 2. The van der Waals surface area contributed by atoms with Gasteiger partial charge < -0.3 is 20.1 Å². The van der Waals surface area contributed by atoms with E-state index in [-0.39, 0.29) is 18.2 Å². The van der Waals surface area contributed by atoms with E-state index in [0.29, 0.717) is 35.9 Å². The predicted octanol–water partition coefficient (Wildman–Crippen LogP) is 4.91. The summed E-state index contributed by atoms with van der Waals surface area (Å²) in [5.74, 6) is 0.0158. The third-order valence-corrected chi connectivity index (χ3v) is 4.84. The van der Waals surface area contributed by atoms with Crippen LogP contribution in [0.25, 0.3) is 0 Å². The first-order chi connectivity index (χ1) is 15.0. The molecule has 31 heavy (non-hydrogen) atoms. The van der Waals surface area contributed by atoms with Crippen molar-refractivity contribution < 1.29 is 19.1 Å². The van der Waals surface area contributed by atoms with Crippen LogP contribution in [0, 0.1) is 0 Å². The second-order valence-corrected chi connectivity index (χ2v) is 7.64. The van der Waals surface area contributed by atoms with Gasteiger partial charge in [0, 0.05) is 23.0 Å². The normalized spacial score (nSPS) is 10.4. The Balaban J connectivity index is 1.67. The largest absolute Gasteiger partial charge is 0.490 e. The minimum atomic E-state index is -0.318. The Bertz CT molecular complexity index is 1040. The van der Waals surface area contributed by atoms with Crippen molar-refractivity contribution in [2.24, 2.45) is 0 Å². The molecule has 0 aliphatic heterocycles. The number of hydrogen-bond acceptors (Lipinski definition) is 4. The Morgan fingerprint density at radius 1 is 0.871 bits per heavy atom. The summed E-state index contributed by atoms with van der Waals surface area (Å²) >= 11 is 3.39. The standard InChI is InChI=1S/C24H23BrN2O4/c1-30-12-13-31-22-11-10-18(25)15-21(22)24(29)27-20-9-5-8-19(16-20)26-23(28)14-17-6-3-2-4-7-17/h2-11,15-16H,12-14H2,1H3,(H,26,28)(H,27,29). The molecule has 0 radical (unpaired) electrons. The molecule has 3 aromatic carbocycles. The average molecular weight is 483 g/mol. The molecule has 2 N–H and O–H groups in total. The highest BCUT2D eigenvalue weighted by Crippen LogP contribution is 2.25. The van der Waals surface area contributed by atoms with Gasteiger partial charge in [-0.2, -0.15) is 0 Å². The molecular formula is C24H23BrN2O4. The van der Waals surface area contributed by atoms with E-state index in [2.05, 4.69) is 26.6 Å². The summed E-state index contributed by atoms with van der Waals surface area (Å²) in [5, 5.41) is 5.72. The van der Waals surface area contributed by atoms with Crippen LogP contribution in [0.15, 0.2) is 77.3 Å². The first-order valence-corrected chi connectivity index (χ1v) is 10.5. The monoisotopic (exact) mass is 482 g/mol. The number of benzene rings is 3. The predicted molar refractivity (Wildman–Crippen MR) is 125 cm³/mol. The van der Waals surface area contributed by atoms with E-state index in [1.807, 2.05) is 36.4 Å². The SMILES string of the molecule is COCCOc1ccc(Br)cc1C(=O)Nc1cccc(NC(=O)Cc2ccccc2)c1. The van der Waals surface area contributed by atoms with Gasteiger partial charge in [0.15, 0.2) is 0 Å². The minimum Gasteiger partial charge on any atom is -0.490 e. The summed E-state index contributed by atoms with van der Waals surface area (Å²) in [7, 11) is 1.59. The maximum absolute atomic E-state index is 12.9. The molecule has 0 aliphatic rings. The molecule has 160 valence electrons. The summed E-state index contributed by atoms with van der Waals surface area (Å²) < 4.78 is 11.4. The number of carbonyl (C=O) groups is 2. The van der Waals surface area contributed by atoms with Gasteiger partial charge in [-0.1, -0.05) is 52.3 Å². The van der Waals surface area contributed by atoms with E-state index < -0.39 is 0 Å². The number of amides is 2. The molecular weight excluding hydrogens is 460 g/mol. The molecule has 0 heterocycles. The Hall–Kier alpha value is -3.16. The molecule has 0 fully saturated rings. The van der Waals surface area contributed by atoms with Crippen molar-refractivity contribution in [3.05, 3.63) is 88.4 Å². The Kier molecular flexibility index (Phi) is 8.20. The number of methoxy groups -OCH3 is 1. The maximum atomic E-state index is 12.9. The fourth-order valence-corrected chi connectivity index (χ4v) is 3.26. The molecule has 0 spiro atoms. The fourth-order valence-electron chi connectivity index (χ4n) is 2.90. The summed E-state index contributed by atoms with van der Waals surface area (Å²) in [6.07, 6.45) is 0.275. The minimum absolute atomic E-state index is 0.129. The lowest BCUT2D eigenvalue weighted by molar-refractivity contribution is -0.115. The van der Waals surface area contributed by atoms with Crippen LogP contribution >= 0.6 is 15.9 Å². The summed E-state index contributed by atoms with van der Waals surface area (Å²) in [4.78, 5) is 25.2. The number of anilines is 2. The van der Waals surface area contributed by atoms with Gasteiger partial charge in [-0.25, -0.2) is 0 Å². The lowest BCUT2D eigenvalue weighted by Crippen LogP contribution is -2.16. The van der Waals surface area contributed by atoms with Gasteiger partial charge in [0.05, 0.1) is 18.6 Å². The summed E-state index contributed by atoms with van der Waals surface area (Å²) in [6.45, 7) is 0.753. The zero-order chi connectivity index (χ0) is 22.1. The summed E-state index contributed by atoms with van der Waals surface area (Å²) in [6, 6.07) is 21.8. The van der Waals surface area contributed by atoms with Gasteiger partial charge in [-0.05, 0) is 42.0 Å². The highest BCUT2D eigenvalue weighted by molar-refractivity contribution is 9.10. The Morgan fingerprint density at radius 2 is 1.61 bits per heavy atom. The van der Waals surface area contributed by atoms with Crippen molar-refractivity contribution in [1.82, 2.24) is 0 Å². The smallest absolute Gasteiger partial charge is 0.259 e. The van der Waals surface area contributed by atoms with Gasteiger partial charge in [0.25, 0.3) is 5.91 Å². The van der Waals surface area contributed by atoms with Gasteiger partial charge >= 0.3 is 0 Å². The first kappa shape index (κ1) is 22.5. The number of nitrogens with one attached hydrogen (secondary N) is 2. The molecule has 0 saturated heterocycles. The van der Waals surface area contributed by atoms with Crippen LogP contribution in [0.3, 0.4) is 0 Å². The van der Waals surface area contributed by atoms with Gasteiger partial charge in [0.1, 0.15) is 12.4 Å². The molecule has 2 amide bonds. The average Bonchev–Trinajstić information content (AvgIpc) is 2.75. The number of hydrogen-bond donors (Lipinski definition) is 2. The molecule has 7 heteroatoms. The summed E-state index contributed by atoms with van der Waals surface area (Å²) in [5.41, 5.74) is 2.49. The molecule has 0 atom stereocenters. The molecule has 0 saturated carbocycles. The number of rotatable bonds is 9. The lowest BCUT2D eigenvalue weighted by atomic mass is 10.1. The van der Waals surface area contributed by atoms with Crippen molar-refractivity contribution >= 4 is 39.1 Å². The molecule has 6 nitrogen and oxygen atoms in total. The number of halogens is 1. The van der Waals surface area contributed by atoms with Gasteiger partial charge in [-0.15, -0.1) is 0 Å². The Morgan fingerprint density at radius 3 is 2.35 bits per heavy atom. The van der Waals surface area contributed by atoms with Gasteiger partial charge in [0.2, 0.25) is 5.91 Å². The first-order valence-electron chi connectivity index (χ1n) is 9.71. The van der Waals surface area contributed by atoms with E-state index in [0.717, 1.165) is 10.0 Å². The Labute approximate surface area is 189 Å². The van der Waals surface area contributed by atoms with Crippen molar-refractivity contribution in [3.8, 4) is 5.75 Å². The van der Waals surface area contributed by atoms with E-state index in [9.17, 15) is 9.59 Å². The van der Waals surface area contributed by atoms with E-state index in [1.165, 1.54) is 0 Å². The van der Waals surface area contributed by atoms with Crippen LogP contribution in [0.1, 0.15) is 15.9 Å². The molecule has 3 aromatic rings. The maximum Gasteiger partial charge on any atom is 0.259 e. The van der Waals surface area contributed by atoms with Gasteiger partial charge in [-0.3, -0.25) is 9.59 Å². The van der Waals surface area contributed by atoms with Crippen LogP contribution in [0.4, 0.5) is 11.4 Å². The quantitative estimate of drug-likeness (QED) is 0.425. The van der Waals surface area contributed by atoms with E-state index in [4.69, 9.17) is 9.47 Å². The zero-order valence-corrected chi connectivity index (χ0v) is 18.6. The van der Waals surface area contributed by atoms with Crippen LogP contribution in [0.5, 0.6) is 5.75 Å². The topological polar surface area (TPSA) is 76.7 Å². The second kappa shape index (κ2) is 11.3. The van der Waals surface area contributed by atoms with Crippen LogP contribution in [-0.4, -0.2) is 32.1 Å². The van der Waals surface area contributed by atoms with Crippen molar-refractivity contribution in [3.63, 3.8) is 0 Å². The van der Waals surface area contributed by atoms with Crippen LogP contribution < -0.4 is 15.4 Å². The highest BCUT2D eigenvalue weighted by Gasteiger charge is 2.14. The second-order valence-electron chi connectivity index (χ2n) is 6.73. The van der Waals surface area contributed by atoms with E-state index >= 15 is 0 Å². The zero-order valence-electron chi connectivity index (χ0n) is 17.1. The molecule has 0 aliphatic carbocycles. The molecule has 0 bridgehead atoms. The molecule has 3 rings (SSSR count). The van der Waals surface area contributed by atoms with Crippen molar-refractivity contribution in [2.45, 2.75) is 6.42 Å². The van der Waals surface area contributed by atoms with Crippen molar-refractivity contribution in [1.29, 1.82) is 0 Å². The third-order valence-electron chi connectivity index (χ3n) is 4.34. The van der Waals surface area contributed by atoms with Crippen LogP contribution in [-0.2, 0) is 16.0 Å². The third kappa shape index (κ3) is 6.94. The van der Waals surface area contributed by atoms with E-state index in [1.54, 1.807) is 43.5 Å². The van der Waals surface area contributed by atoms with Crippen molar-refractivity contribution in [2.75, 3.05) is 31.0 Å². The lowest BCUT2D eigenvalue weighted by Gasteiger charge is -2.13. The highest BCUT2D eigenvalue weighted by atomic mass is 79.9.